The Morgan fingerprint density at radius 2 is 2.00 bits per heavy atom. The predicted octanol–water partition coefficient (Wildman–Crippen LogP) is 3.70. The second-order valence-corrected chi connectivity index (χ2v) is 6.73. The summed E-state index contributed by atoms with van der Waals surface area (Å²) in [5.74, 6) is 1.05. The van der Waals surface area contributed by atoms with Gasteiger partial charge in [-0.05, 0) is 30.5 Å². The maximum Gasteiger partial charge on any atom is 0.247 e. The quantitative estimate of drug-likeness (QED) is 0.686. The molecule has 1 amide bonds. The summed E-state index contributed by atoms with van der Waals surface area (Å²) >= 11 is 1.65. The second-order valence-electron chi connectivity index (χ2n) is 5.70. The highest BCUT2D eigenvalue weighted by Crippen LogP contribution is 2.19. The number of aryl methyl sites for hydroxylation is 2. The summed E-state index contributed by atoms with van der Waals surface area (Å²) < 4.78 is 5.65. The standard InChI is InChI=1S/C18H19N3O2S/c1-13-5-7-14(8-6-13)18-20-19-16(23-18)9-10-17(22)21(2)12-15-4-3-11-24-15/h3-8,11H,9-10,12H2,1-2H3. The molecule has 3 aromatic rings. The molecule has 0 spiro atoms. The molecule has 0 unspecified atom stereocenters. The maximum atomic E-state index is 12.2. The van der Waals surface area contributed by atoms with Gasteiger partial charge in [0, 0.05) is 30.3 Å². The number of rotatable bonds is 6. The fourth-order valence-electron chi connectivity index (χ4n) is 2.30. The minimum absolute atomic E-state index is 0.0680. The lowest BCUT2D eigenvalue weighted by Crippen LogP contribution is -2.26. The monoisotopic (exact) mass is 341 g/mol. The van der Waals surface area contributed by atoms with Crippen LogP contribution in [0.15, 0.2) is 46.2 Å². The Morgan fingerprint density at radius 1 is 1.21 bits per heavy atom. The maximum absolute atomic E-state index is 12.2. The summed E-state index contributed by atoms with van der Waals surface area (Å²) in [5, 5.41) is 10.1. The third-order valence-corrected chi connectivity index (χ3v) is 4.58. The number of carbonyl (C=O) groups excluding carboxylic acids is 1. The SMILES string of the molecule is Cc1ccc(-c2nnc(CCC(=O)N(C)Cc3cccs3)o2)cc1. The first-order valence-electron chi connectivity index (χ1n) is 7.77. The zero-order chi connectivity index (χ0) is 16.9. The minimum Gasteiger partial charge on any atom is -0.421 e. The molecule has 1 aromatic carbocycles. The highest BCUT2D eigenvalue weighted by Gasteiger charge is 2.13. The molecule has 0 N–H and O–H groups in total. The second kappa shape index (κ2) is 7.40. The number of thiophene rings is 1. The van der Waals surface area contributed by atoms with Crippen LogP contribution in [0.4, 0.5) is 0 Å². The summed E-state index contributed by atoms with van der Waals surface area (Å²) in [6.07, 6.45) is 0.809. The van der Waals surface area contributed by atoms with E-state index in [1.54, 1.807) is 16.2 Å². The van der Waals surface area contributed by atoms with Crippen LogP contribution < -0.4 is 0 Å². The molecular formula is C18H19N3O2S. The fourth-order valence-corrected chi connectivity index (χ4v) is 3.05. The molecule has 3 rings (SSSR count). The molecule has 0 radical (unpaired) electrons. The lowest BCUT2D eigenvalue weighted by Gasteiger charge is -2.15. The zero-order valence-electron chi connectivity index (χ0n) is 13.7. The Labute approximate surface area is 144 Å². The third-order valence-electron chi connectivity index (χ3n) is 3.72. The van der Waals surface area contributed by atoms with Gasteiger partial charge in [-0.3, -0.25) is 4.79 Å². The number of hydrogen-bond acceptors (Lipinski definition) is 5. The summed E-state index contributed by atoms with van der Waals surface area (Å²) in [7, 11) is 1.81. The molecule has 0 aliphatic carbocycles. The van der Waals surface area contributed by atoms with E-state index in [1.807, 2.05) is 55.7 Å². The molecule has 0 aliphatic rings. The first kappa shape index (κ1) is 16.4. The van der Waals surface area contributed by atoms with Gasteiger partial charge < -0.3 is 9.32 Å². The number of benzene rings is 1. The van der Waals surface area contributed by atoms with E-state index in [9.17, 15) is 4.79 Å². The molecule has 0 saturated carbocycles. The molecule has 0 atom stereocenters. The molecular weight excluding hydrogens is 322 g/mol. The van der Waals surface area contributed by atoms with E-state index in [1.165, 1.54) is 10.4 Å². The van der Waals surface area contributed by atoms with Crippen LogP contribution in [-0.2, 0) is 17.8 Å². The van der Waals surface area contributed by atoms with Gasteiger partial charge in [0.05, 0.1) is 6.54 Å². The Hall–Kier alpha value is -2.47. The third kappa shape index (κ3) is 4.08. The molecule has 0 saturated heterocycles. The molecule has 5 nitrogen and oxygen atoms in total. The van der Waals surface area contributed by atoms with Crippen molar-refractivity contribution in [2.75, 3.05) is 7.05 Å². The van der Waals surface area contributed by atoms with Crippen LogP contribution in [0.25, 0.3) is 11.5 Å². The Bertz CT molecular complexity index is 794. The predicted molar refractivity (Wildman–Crippen MR) is 93.6 cm³/mol. The number of nitrogens with zero attached hydrogens (tertiary/aromatic N) is 3. The van der Waals surface area contributed by atoms with Gasteiger partial charge in [0.15, 0.2) is 0 Å². The summed E-state index contributed by atoms with van der Waals surface area (Å²) in [5.41, 5.74) is 2.07. The molecule has 124 valence electrons. The first-order valence-corrected chi connectivity index (χ1v) is 8.65. The van der Waals surface area contributed by atoms with E-state index < -0.39 is 0 Å². The van der Waals surface area contributed by atoms with Gasteiger partial charge in [-0.1, -0.05) is 23.8 Å². The van der Waals surface area contributed by atoms with Crippen LogP contribution in [0.5, 0.6) is 0 Å². The van der Waals surface area contributed by atoms with Crippen molar-refractivity contribution in [3.63, 3.8) is 0 Å². The molecule has 24 heavy (non-hydrogen) atoms. The molecule has 2 heterocycles. The van der Waals surface area contributed by atoms with E-state index in [4.69, 9.17) is 4.42 Å². The topological polar surface area (TPSA) is 59.2 Å². The normalized spacial score (nSPS) is 10.8. The van der Waals surface area contributed by atoms with E-state index >= 15 is 0 Å². The number of amides is 1. The van der Waals surface area contributed by atoms with Crippen LogP contribution in [0.3, 0.4) is 0 Å². The van der Waals surface area contributed by atoms with Crippen molar-refractivity contribution in [3.8, 4) is 11.5 Å². The van der Waals surface area contributed by atoms with Crippen LogP contribution in [0.2, 0.25) is 0 Å². The van der Waals surface area contributed by atoms with Crippen LogP contribution in [0.1, 0.15) is 22.8 Å². The summed E-state index contributed by atoms with van der Waals surface area (Å²) in [6, 6.07) is 11.9. The minimum atomic E-state index is 0.0680. The van der Waals surface area contributed by atoms with Crippen molar-refractivity contribution in [1.29, 1.82) is 0 Å². The van der Waals surface area contributed by atoms with E-state index in [0.29, 0.717) is 31.2 Å². The van der Waals surface area contributed by atoms with Crippen LogP contribution in [-0.4, -0.2) is 28.1 Å². The van der Waals surface area contributed by atoms with Crippen molar-refractivity contribution in [3.05, 3.63) is 58.1 Å². The number of aromatic nitrogens is 2. The molecule has 0 bridgehead atoms. The largest absolute Gasteiger partial charge is 0.421 e. The van der Waals surface area contributed by atoms with Crippen molar-refractivity contribution in [2.45, 2.75) is 26.3 Å². The van der Waals surface area contributed by atoms with Crippen LogP contribution >= 0.6 is 11.3 Å². The number of carbonyl (C=O) groups is 1. The molecule has 2 aromatic heterocycles. The van der Waals surface area contributed by atoms with Gasteiger partial charge >= 0.3 is 0 Å². The highest BCUT2D eigenvalue weighted by atomic mass is 32.1. The van der Waals surface area contributed by atoms with Gasteiger partial charge in [0.1, 0.15) is 0 Å². The molecule has 0 fully saturated rings. The van der Waals surface area contributed by atoms with Crippen LogP contribution in [0, 0.1) is 6.92 Å². The molecule has 0 aliphatic heterocycles. The van der Waals surface area contributed by atoms with E-state index in [2.05, 4.69) is 10.2 Å². The zero-order valence-corrected chi connectivity index (χ0v) is 14.5. The van der Waals surface area contributed by atoms with Gasteiger partial charge in [-0.2, -0.15) is 0 Å². The van der Waals surface area contributed by atoms with Crippen molar-refractivity contribution >= 4 is 17.2 Å². The van der Waals surface area contributed by atoms with Gasteiger partial charge in [-0.15, -0.1) is 21.5 Å². The average Bonchev–Trinajstić information content (AvgIpc) is 3.25. The van der Waals surface area contributed by atoms with E-state index in [0.717, 1.165) is 5.56 Å². The Kier molecular flexibility index (Phi) is 5.05. The summed E-state index contributed by atoms with van der Waals surface area (Å²) in [6.45, 7) is 2.66. The Morgan fingerprint density at radius 3 is 2.71 bits per heavy atom. The van der Waals surface area contributed by atoms with Gasteiger partial charge in [0.25, 0.3) is 0 Å². The number of hydrogen-bond donors (Lipinski definition) is 0. The lowest BCUT2D eigenvalue weighted by atomic mass is 10.1. The average molecular weight is 341 g/mol. The summed E-state index contributed by atoms with van der Waals surface area (Å²) in [4.78, 5) is 15.1. The highest BCUT2D eigenvalue weighted by molar-refractivity contribution is 7.09. The van der Waals surface area contributed by atoms with Crippen molar-refractivity contribution in [1.82, 2.24) is 15.1 Å². The van der Waals surface area contributed by atoms with Gasteiger partial charge in [0.2, 0.25) is 17.7 Å². The van der Waals surface area contributed by atoms with Gasteiger partial charge in [-0.25, -0.2) is 0 Å². The van der Waals surface area contributed by atoms with E-state index in [-0.39, 0.29) is 5.91 Å². The lowest BCUT2D eigenvalue weighted by molar-refractivity contribution is -0.130. The Balaban J connectivity index is 1.55. The molecule has 6 heteroatoms. The fraction of sp³-hybridized carbons (Fsp3) is 0.278. The van der Waals surface area contributed by atoms with Crippen molar-refractivity contribution < 1.29 is 9.21 Å². The van der Waals surface area contributed by atoms with Crippen molar-refractivity contribution in [2.24, 2.45) is 0 Å². The first-order chi connectivity index (χ1) is 11.6. The smallest absolute Gasteiger partial charge is 0.247 e.